The Bertz CT molecular complexity index is 2280. The van der Waals surface area contributed by atoms with Crippen LogP contribution in [0.15, 0.2) is 77.6 Å². The van der Waals surface area contributed by atoms with Gasteiger partial charge in [0.1, 0.15) is 29.5 Å². The fraction of sp³-hybridized carbons (Fsp3) is 0.310. The van der Waals surface area contributed by atoms with Crippen LogP contribution in [0.1, 0.15) is 66.0 Å². The zero-order chi connectivity index (χ0) is 38.0. The SMILES string of the molecule is CCN(Cc1cc2cc3c(cc2n1C)C=CCc1c(OCc2ccccc2)c(C(=O)O)c(=O)n(Cc2ccc(OC)cc2OC)c1-3)C(=O)OC(C)(C)C. The molecule has 11 nitrogen and oxygen atoms in total. The third-order valence-electron chi connectivity index (χ3n) is 9.35. The summed E-state index contributed by atoms with van der Waals surface area (Å²) in [6.07, 6.45) is 3.88. The first-order valence-corrected chi connectivity index (χ1v) is 17.5. The summed E-state index contributed by atoms with van der Waals surface area (Å²) < 4.78 is 26.7. The molecule has 1 aliphatic carbocycles. The maximum Gasteiger partial charge on any atom is 0.410 e. The number of pyridine rings is 1. The molecule has 6 rings (SSSR count). The van der Waals surface area contributed by atoms with E-state index in [9.17, 15) is 19.5 Å². The monoisotopic (exact) mass is 719 g/mol. The highest BCUT2D eigenvalue weighted by molar-refractivity contribution is 5.96. The Morgan fingerprint density at radius 3 is 2.40 bits per heavy atom. The molecule has 1 amide bonds. The molecule has 5 aromatic rings. The summed E-state index contributed by atoms with van der Waals surface area (Å²) in [5, 5.41) is 11.4. The Kier molecular flexibility index (Phi) is 10.4. The molecule has 0 aliphatic heterocycles. The highest BCUT2D eigenvalue weighted by Crippen LogP contribution is 2.41. The standard InChI is InChI=1S/C42H45N3O8/c1-8-44(41(49)53-42(2,3)4)24-30-19-29-20-33-27(21-34(29)43(30)5)15-12-16-32-37(33)45(23-28-17-18-31(50-6)22-35(28)51-7)39(46)36(40(47)48)38(32)52-25-26-13-10-9-11-14-26/h9-15,17-22H,8,16,23-25H2,1-7H3,(H,47,48). The van der Waals surface area contributed by atoms with E-state index in [4.69, 9.17) is 18.9 Å². The number of rotatable bonds is 11. The van der Waals surface area contributed by atoms with Gasteiger partial charge in [0, 0.05) is 52.9 Å². The second-order valence-electron chi connectivity index (χ2n) is 14.0. The molecule has 0 fully saturated rings. The lowest BCUT2D eigenvalue weighted by molar-refractivity contribution is 0.0241. The lowest BCUT2D eigenvalue weighted by Crippen LogP contribution is -2.36. The Balaban J connectivity index is 1.56. The smallest absolute Gasteiger partial charge is 0.410 e. The Labute approximate surface area is 308 Å². The van der Waals surface area contributed by atoms with Crippen LogP contribution in [0.4, 0.5) is 4.79 Å². The Hall–Kier alpha value is -5.97. The lowest BCUT2D eigenvalue weighted by Gasteiger charge is -2.26. The fourth-order valence-corrected chi connectivity index (χ4v) is 6.72. The van der Waals surface area contributed by atoms with E-state index < -0.39 is 28.8 Å². The molecule has 0 saturated heterocycles. The number of hydrogen-bond acceptors (Lipinski definition) is 7. The van der Waals surface area contributed by atoms with E-state index in [-0.39, 0.29) is 18.9 Å². The van der Waals surface area contributed by atoms with Crippen LogP contribution < -0.4 is 19.8 Å². The number of allylic oxidation sites excluding steroid dienone is 1. The van der Waals surface area contributed by atoms with Crippen LogP contribution in [0.5, 0.6) is 17.2 Å². The normalized spacial score (nSPS) is 12.1. The zero-order valence-electron chi connectivity index (χ0n) is 31.2. The largest absolute Gasteiger partial charge is 0.497 e. The molecule has 2 aromatic heterocycles. The molecule has 1 aliphatic rings. The fourth-order valence-electron chi connectivity index (χ4n) is 6.72. The van der Waals surface area contributed by atoms with Crippen molar-refractivity contribution < 1.29 is 33.6 Å². The molecule has 0 saturated carbocycles. The summed E-state index contributed by atoms with van der Waals surface area (Å²) in [6.45, 7) is 8.33. The molecule has 1 N–H and O–H groups in total. The maximum atomic E-state index is 14.6. The maximum absolute atomic E-state index is 14.6. The van der Waals surface area contributed by atoms with E-state index in [0.717, 1.165) is 33.3 Å². The van der Waals surface area contributed by atoms with Gasteiger partial charge in [-0.05, 0) is 75.6 Å². The number of carboxylic acids is 1. The number of methoxy groups -OCH3 is 2. The lowest BCUT2D eigenvalue weighted by atomic mass is 9.96. The van der Waals surface area contributed by atoms with Crippen LogP contribution in [-0.4, -0.2) is 57.6 Å². The van der Waals surface area contributed by atoms with Gasteiger partial charge in [-0.2, -0.15) is 0 Å². The predicted molar refractivity (Wildman–Crippen MR) is 204 cm³/mol. The number of fused-ring (bicyclic) bond motifs is 4. The Morgan fingerprint density at radius 1 is 0.981 bits per heavy atom. The summed E-state index contributed by atoms with van der Waals surface area (Å²) in [4.78, 5) is 42.2. The molecule has 0 spiro atoms. The number of aromatic carboxylic acids is 1. The molecule has 0 bridgehead atoms. The van der Waals surface area contributed by atoms with Crippen molar-refractivity contribution in [3.05, 3.63) is 117 Å². The minimum atomic E-state index is -1.38. The molecule has 0 radical (unpaired) electrons. The van der Waals surface area contributed by atoms with E-state index in [1.807, 2.05) is 95.4 Å². The number of hydrogen-bond donors (Lipinski definition) is 1. The number of carbonyl (C=O) groups is 2. The molecular formula is C42H45N3O8. The van der Waals surface area contributed by atoms with Crippen LogP contribution in [0, 0.1) is 0 Å². The second-order valence-corrected chi connectivity index (χ2v) is 14.0. The molecule has 2 heterocycles. The molecular weight excluding hydrogens is 674 g/mol. The van der Waals surface area contributed by atoms with Crippen molar-refractivity contribution >= 4 is 29.0 Å². The minimum Gasteiger partial charge on any atom is -0.497 e. The van der Waals surface area contributed by atoms with Gasteiger partial charge in [-0.25, -0.2) is 9.59 Å². The van der Waals surface area contributed by atoms with Crippen molar-refractivity contribution in [2.24, 2.45) is 7.05 Å². The molecule has 0 unspecified atom stereocenters. The van der Waals surface area contributed by atoms with Gasteiger partial charge in [0.05, 0.1) is 33.0 Å². The topological polar surface area (TPSA) is 121 Å². The van der Waals surface area contributed by atoms with E-state index >= 15 is 0 Å². The summed E-state index contributed by atoms with van der Waals surface area (Å²) >= 11 is 0. The van der Waals surface area contributed by atoms with Gasteiger partial charge < -0.3 is 38.1 Å². The van der Waals surface area contributed by atoms with E-state index in [1.165, 1.54) is 11.7 Å². The summed E-state index contributed by atoms with van der Waals surface area (Å²) in [5.41, 5.74) is 4.27. The van der Waals surface area contributed by atoms with Crippen molar-refractivity contribution in [1.29, 1.82) is 0 Å². The number of benzene rings is 3. The Morgan fingerprint density at radius 2 is 1.74 bits per heavy atom. The number of aryl methyl sites for hydroxylation is 1. The minimum absolute atomic E-state index is 0.0203. The average molecular weight is 720 g/mol. The summed E-state index contributed by atoms with van der Waals surface area (Å²) in [7, 11) is 5.06. The average Bonchev–Trinajstić information content (AvgIpc) is 3.30. The molecule has 53 heavy (non-hydrogen) atoms. The quantitative estimate of drug-likeness (QED) is 0.148. The number of carboxylic acid groups (broad SMARTS) is 1. The van der Waals surface area contributed by atoms with Gasteiger partial charge in [0.25, 0.3) is 5.56 Å². The second kappa shape index (κ2) is 14.9. The van der Waals surface area contributed by atoms with Crippen molar-refractivity contribution in [2.75, 3.05) is 20.8 Å². The van der Waals surface area contributed by atoms with Gasteiger partial charge in [-0.1, -0.05) is 42.5 Å². The first kappa shape index (κ1) is 36.8. The first-order valence-electron chi connectivity index (χ1n) is 17.5. The number of aromatic nitrogens is 2. The number of carbonyl (C=O) groups excluding carboxylic acids is 1. The van der Waals surface area contributed by atoms with E-state index in [2.05, 4.69) is 10.6 Å². The van der Waals surface area contributed by atoms with Crippen molar-refractivity contribution in [1.82, 2.24) is 14.0 Å². The van der Waals surface area contributed by atoms with Crippen LogP contribution in [0.2, 0.25) is 0 Å². The molecule has 3 aromatic carbocycles. The van der Waals surface area contributed by atoms with Gasteiger partial charge in [0.2, 0.25) is 0 Å². The predicted octanol–water partition coefficient (Wildman–Crippen LogP) is 7.68. The van der Waals surface area contributed by atoms with Gasteiger partial charge in [0.15, 0.2) is 5.56 Å². The third kappa shape index (κ3) is 7.51. The summed E-state index contributed by atoms with van der Waals surface area (Å²) in [5.74, 6) is -0.260. The van der Waals surface area contributed by atoms with Gasteiger partial charge >= 0.3 is 12.1 Å². The van der Waals surface area contributed by atoms with E-state index in [1.54, 1.807) is 24.1 Å². The van der Waals surface area contributed by atoms with Crippen LogP contribution in [0.25, 0.3) is 28.2 Å². The first-order chi connectivity index (χ1) is 25.3. The van der Waals surface area contributed by atoms with Crippen molar-refractivity contribution in [3.8, 4) is 28.5 Å². The van der Waals surface area contributed by atoms with Gasteiger partial charge in [-0.3, -0.25) is 4.79 Å². The zero-order valence-corrected chi connectivity index (χ0v) is 31.2. The highest BCUT2D eigenvalue weighted by atomic mass is 16.6. The van der Waals surface area contributed by atoms with Crippen molar-refractivity contribution in [3.63, 3.8) is 0 Å². The van der Waals surface area contributed by atoms with Crippen LogP contribution >= 0.6 is 0 Å². The van der Waals surface area contributed by atoms with Crippen LogP contribution in [0.3, 0.4) is 0 Å². The van der Waals surface area contributed by atoms with Crippen LogP contribution in [-0.2, 0) is 37.9 Å². The number of nitrogens with zero attached hydrogens (tertiary/aromatic N) is 3. The molecule has 276 valence electrons. The van der Waals surface area contributed by atoms with Crippen molar-refractivity contribution in [2.45, 2.75) is 59.4 Å². The third-order valence-corrected chi connectivity index (χ3v) is 9.35. The number of ether oxygens (including phenoxy) is 4. The van der Waals surface area contributed by atoms with Gasteiger partial charge in [-0.15, -0.1) is 0 Å². The molecule has 11 heteroatoms. The molecule has 0 atom stereocenters. The highest BCUT2D eigenvalue weighted by Gasteiger charge is 2.31. The summed E-state index contributed by atoms with van der Waals surface area (Å²) in [6, 6.07) is 20.8. The van der Waals surface area contributed by atoms with E-state index in [0.29, 0.717) is 47.8 Å². The number of amides is 1.